The largest absolute Gasteiger partial charge is 0.490 e. The number of carbonyl (C=O) groups is 1. The average Bonchev–Trinajstić information content (AvgIpc) is 2.82. The molecule has 1 amide bonds. The molecular weight excluding hydrogens is 390 g/mol. The minimum absolute atomic E-state index is 0.139. The summed E-state index contributed by atoms with van der Waals surface area (Å²) in [6.45, 7) is 5.36. The van der Waals surface area contributed by atoms with Crippen molar-refractivity contribution in [3.8, 4) is 11.5 Å². The highest BCUT2D eigenvalue weighted by Crippen LogP contribution is 2.29. The fourth-order valence-corrected chi connectivity index (χ4v) is 3.08. The second-order valence-electron chi connectivity index (χ2n) is 7.25. The summed E-state index contributed by atoms with van der Waals surface area (Å²) >= 11 is 0. The van der Waals surface area contributed by atoms with Gasteiger partial charge in [-0.15, -0.1) is 0 Å². The number of nitrogens with zero attached hydrogens (tertiary/aromatic N) is 2. The van der Waals surface area contributed by atoms with Crippen LogP contribution in [-0.2, 0) is 6.61 Å². The Labute approximate surface area is 183 Å². The van der Waals surface area contributed by atoms with Crippen LogP contribution in [0.4, 0.5) is 5.69 Å². The molecule has 162 valence electrons. The highest BCUT2D eigenvalue weighted by Gasteiger charge is 2.15. The molecule has 0 aliphatic carbocycles. The molecule has 0 fully saturated rings. The Bertz CT molecular complexity index is 964. The molecule has 0 aliphatic rings. The van der Waals surface area contributed by atoms with Gasteiger partial charge in [0.05, 0.1) is 6.61 Å². The normalized spacial score (nSPS) is 11.5. The van der Waals surface area contributed by atoms with Crippen LogP contribution in [-0.4, -0.2) is 37.1 Å². The van der Waals surface area contributed by atoms with E-state index in [-0.39, 0.29) is 11.9 Å². The lowest BCUT2D eigenvalue weighted by atomic mass is 10.1. The van der Waals surface area contributed by atoms with Crippen LogP contribution in [0.25, 0.3) is 0 Å². The van der Waals surface area contributed by atoms with E-state index < -0.39 is 0 Å². The number of carbonyl (C=O) groups excluding carboxylic acids is 1. The van der Waals surface area contributed by atoms with Crippen LogP contribution in [0.15, 0.2) is 73.1 Å². The number of nitrogens with one attached hydrogen (secondary N) is 1. The molecule has 31 heavy (non-hydrogen) atoms. The predicted molar refractivity (Wildman–Crippen MR) is 123 cm³/mol. The van der Waals surface area contributed by atoms with Crippen molar-refractivity contribution >= 4 is 11.6 Å². The van der Waals surface area contributed by atoms with Crippen LogP contribution in [0.1, 0.15) is 29.8 Å². The first kappa shape index (κ1) is 22.2. The van der Waals surface area contributed by atoms with Gasteiger partial charge in [-0.05, 0) is 50.2 Å². The summed E-state index contributed by atoms with van der Waals surface area (Å²) in [5.74, 6) is 1.00. The van der Waals surface area contributed by atoms with Gasteiger partial charge in [-0.25, -0.2) is 0 Å². The van der Waals surface area contributed by atoms with Crippen LogP contribution in [0.3, 0.4) is 0 Å². The summed E-state index contributed by atoms with van der Waals surface area (Å²) in [4.78, 5) is 19.0. The van der Waals surface area contributed by atoms with Crippen molar-refractivity contribution < 1.29 is 14.3 Å². The van der Waals surface area contributed by atoms with Gasteiger partial charge in [0.1, 0.15) is 6.61 Å². The number of para-hydroxylation sites is 1. The Morgan fingerprint density at radius 1 is 1.06 bits per heavy atom. The number of benzene rings is 2. The van der Waals surface area contributed by atoms with Crippen LogP contribution >= 0.6 is 0 Å². The Hall–Kier alpha value is -3.54. The van der Waals surface area contributed by atoms with Crippen molar-refractivity contribution in [1.82, 2.24) is 10.3 Å². The van der Waals surface area contributed by atoms with E-state index in [1.54, 1.807) is 30.6 Å². The lowest BCUT2D eigenvalue weighted by Gasteiger charge is -2.27. The number of anilines is 1. The summed E-state index contributed by atoms with van der Waals surface area (Å²) in [7, 11) is 2.02. The zero-order valence-electron chi connectivity index (χ0n) is 18.2. The number of pyridine rings is 1. The summed E-state index contributed by atoms with van der Waals surface area (Å²) < 4.78 is 11.6. The number of amides is 1. The Kier molecular flexibility index (Phi) is 7.87. The molecule has 6 heteroatoms. The fraction of sp³-hybridized carbons (Fsp3) is 0.280. The number of ether oxygens (including phenoxy) is 2. The van der Waals surface area contributed by atoms with E-state index >= 15 is 0 Å². The first-order valence-electron chi connectivity index (χ1n) is 10.4. The highest BCUT2D eigenvalue weighted by molar-refractivity contribution is 5.94. The summed E-state index contributed by atoms with van der Waals surface area (Å²) in [6, 6.07) is 19.3. The van der Waals surface area contributed by atoms with Gasteiger partial charge < -0.3 is 19.7 Å². The summed E-state index contributed by atoms with van der Waals surface area (Å²) in [5.41, 5.74) is 2.60. The van der Waals surface area contributed by atoms with Crippen molar-refractivity contribution in [1.29, 1.82) is 0 Å². The smallest absolute Gasteiger partial charge is 0.251 e. The van der Waals surface area contributed by atoms with Crippen molar-refractivity contribution in [2.75, 3.05) is 25.1 Å². The van der Waals surface area contributed by atoms with Gasteiger partial charge in [-0.1, -0.05) is 24.3 Å². The predicted octanol–water partition coefficient (Wildman–Crippen LogP) is 4.31. The zero-order chi connectivity index (χ0) is 22.1. The van der Waals surface area contributed by atoms with Crippen molar-refractivity contribution in [2.45, 2.75) is 26.5 Å². The maximum atomic E-state index is 12.7. The van der Waals surface area contributed by atoms with Gasteiger partial charge in [-0.2, -0.15) is 0 Å². The van der Waals surface area contributed by atoms with E-state index in [1.165, 1.54) is 0 Å². The molecule has 1 N–H and O–H groups in total. The molecule has 2 aromatic carbocycles. The number of hydrogen-bond donors (Lipinski definition) is 1. The molecule has 1 atom stereocenters. The van der Waals surface area contributed by atoms with Gasteiger partial charge in [0.2, 0.25) is 0 Å². The minimum Gasteiger partial charge on any atom is -0.490 e. The van der Waals surface area contributed by atoms with Crippen LogP contribution in [0.2, 0.25) is 0 Å². The van der Waals surface area contributed by atoms with Crippen molar-refractivity contribution in [2.24, 2.45) is 0 Å². The molecule has 1 unspecified atom stereocenters. The third-order valence-corrected chi connectivity index (χ3v) is 5.01. The molecule has 0 aliphatic heterocycles. The molecule has 0 bridgehead atoms. The molecule has 0 saturated heterocycles. The van der Waals surface area contributed by atoms with E-state index in [2.05, 4.69) is 34.3 Å². The molecule has 3 rings (SSSR count). The molecule has 0 saturated carbocycles. The van der Waals surface area contributed by atoms with Gasteiger partial charge in [0.15, 0.2) is 11.5 Å². The van der Waals surface area contributed by atoms with Crippen molar-refractivity contribution in [3.05, 3.63) is 84.2 Å². The second kappa shape index (κ2) is 11.0. The molecule has 3 aromatic rings. The molecule has 6 nitrogen and oxygen atoms in total. The summed E-state index contributed by atoms with van der Waals surface area (Å²) in [5, 5.41) is 3.01. The second-order valence-corrected chi connectivity index (χ2v) is 7.25. The number of rotatable bonds is 10. The maximum absolute atomic E-state index is 12.7. The van der Waals surface area contributed by atoms with E-state index in [9.17, 15) is 4.79 Å². The van der Waals surface area contributed by atoms with Crippen LogP contribution in [0.5, 0.6) is 11.5 Å². The van der Waals surface area contributed by atoms with Crippen LogP contribution in [0, 0.1) is 0 Å². The van der Waals surface area contributed by atoms with Gasteiger partial charge in [0, 0.05) is 48.8 Å². The van der Waals surface area contributed by atoms with E-state index in [0.29, 0.717) is 36.8 Å². The van der Waals surface area contributed by atoms with Gasteiger partial charge >= 0.3 is 0 Å². The van der Waals surface area contributed by atoms with Crippen LogP contribution < -0.4 is 19.7 Å². The lowest BCUT2D eigenvalue weighted by Crippen LogP contribution is -2.40. The van der Waals surface area contributed by atoms with Gasteiger partial charge in [0.25, 0.3) is 5.91 Å². The molecule has 1 aromatic heterocycles. The summed E-state index contributed by atoms with van der Waals surface area (Å²) in [6.07, 6.45) is 3.48. The highest BCUT2D eigenvalue weighted by atomic mass is 16.5. The third-order valence-electron chi connectivity index (χ3n) is 5.01. The standard InChI is InChI=1S/C25H29N3O3/c1-4-30-24-15-21(12-13-23(24)31-18-20-9-8-14-26-17-20)25(29)27-16-19(2)28(3)22-10-6-5-7-11-22/h5-15,17,19H,4,16,18H2,1-3H3,(H,27,29). The average molecular weight is 420 g/mol. The fourth-order valence-electron chi connectivity index (χ4n) is 3.08. The van der Waals surface area contributed by atoms with E-state index in [1.807, 2.05) is 44.3 Å². The first-order valence-corrected chi connectivity index (χ1v) is 10.4. The Morgan fingerprint density at radius 2 is 1.87 bits per heavy atom. The SMILES string of the molecule is CCOc1cc(C(=O)NCC(C)N(C)c2ccccc2)ccc1OCc1cccnc1. The lowest BCUT2D eigenvalue weighted by molar-refractivity contribution is 0.0951. The minimum atomic E-state index is -0.145. The first-order chi connectivity index (χ1) is 15.1. The maximum Gasteiger partial charge on any atom is 0.251 e. The number of likely N-dealkylation sites (N-methyl/N-ethyl adjacent to an activating group) is 1. The quantitative estimate of drug-likeness (QED) is 0.530. The van der Waals surface area contributed by atoms with Crippen molar-refractivity contribution in [3.63, 3.8) is 0 Å². The third kappa shape index (κ3) is 6.22. The van der Waals surface area contributed by atoms with E-state index in [4.69, 9.17) is 9.47 Å². The Morgan fingerprint density at radius 3 is 2.58 bits per heavy atom. The molecule has 1 heterocycles. The number of hydrogen-bond acceptors (Lipinski definition) is 5. The topological polar surface area (TPSA) is 63.7 Å². The monoisotopic (exact) mass is 419 g/mol. The molecule has 0 radical (unpaired) electrons. The molecule has 0 spiro atoms. The van der Waals surface area contributed by atoms with Gasteiger partial charge in [-0.3, -0.25) is 9.78 Å². The molecular formula is C25H29N3O3. The van der Waals surface area contributed by atoms with E-state index in [0.717, 1.165) is 11.3 Å². The Balaban J connectivity index is 1.61. The number of aromatic nitrogens is 1. The zero-order valence-corrected chi connectivity index (χ0v) is 18.2.